The SMILES string of the molecule is CC(C)=CC/C=C(/C)C1CCC2(C)OC3=C(CC12)C(=O)C(O)CC3. The fourth-order valence-electron chi connectivity index (χ4n) is 4.63. The van der Waals surface area contributed by atoms with Crippen LogP contribution in [0.1, 0.15) is 66.2 Å². The number of carbonyl (C=O) groups excluding carboxylic acids is 1. The Hall–Kier alpha value is -1.35. The smallest absolute Gasteiger partial charge is 0.190 e. The van der Waals surface area contributed by atoms with Gasteiger partial charge in [-0.3, -0.25) is 4.79 Å². The number of carbonyl (C=O) groups is 1. The molecular formula is C21H30O3. The van der Waals surface area contributed by atoms with E-state index in [9.17, 15) is 9.90 Å². The van der Waals surface area contributed by atoms with E-state index in [1.54, 1.807) is 0 Å². The van der Waals surface area contributed by atoms with Crippen LogP contribution in [0.15, 0.2) is 34.6 Å². The third-order valence-corrected chi connectivity index (χ3v) is 6.13. The number of ether oxygens (including phenoxy) is 1. The first-order valence-corrected chi connectivity index (χ1v) is 9.25. The van der Waals surface area contributed by atoms with Gasteiger partial charge >= 0.3 is 0 Å². The summed E-state index contributed by atoms with van der Waals surface area (Å²) in [6.07, 6.45) is 8.85. The maximum atomic E-state index is 12.4. The highest BCUT2D eigenvalue weighted by Crippen LogP contribution is 2.53. The highest BCUT2D eigenvalue weighted by Gasteiger charge is 2.52. The van der Waals surface area contributed by atoms with Crippen LogP contribution in [0.5, 0.6) is 0 Å². The summed E-state index contributed by atoms with van der Waals surface area (Å²) in [6.45, 7) is 8.68. The molecule has 0 amide bonds. The third-order valence-electron chi connectivity index (χ3n) is 6.13. The Balaban J connectivity index is 1.82. The van der Waals surface area contributed by atoms with Gasteiger partial charge in [0.15, 0.2) is 5.78 Å². The number of ketones is 1. The Labute approximate surface area is 145 Å². The molecule has 2 aliphatic carbocycles. The second-order valence-electron chi connectivity index (χ2n) is 8.16. The lowest BCUT2D eigenvalue weighted by molar-refractivity contribution is -0.128. The van der Waals surface area contributed by atoms with E-state index in [1.165, 1.54) is 11.1 Å². The van der Waals surface area contributed by atoms with Crippen molar-refractivity contribution in [1.29, 1.82) is 0 Å². The van der Waals surface area contributed by atoms with E-state index < -0.39 is 6.10 Å². The summed E-state index contributed by atoms with van der Waals surface area (Å²) in [4.78, 5) is 12.4. The molecule has 0 radical (unpaired) electrons. The van der Waals surface area contributed by atoms with E-state index in [2.05, 4.69) is 39.8 Å². The lowest BCUT2D eigenvalue weighted by Crippen LogP contribution is -2.43. The number of hydrogen-bond donors (Lipinski definition) is 1. The number of allylic oxidation sites excluding steroid dienone is 5. The monoisotopic (exact) mass is 330 g/mol. The molecule has 3 aliphatic rings. The molecule has 0 saturated heterocycles. The predicted octanol–water partition coefficient (Wildman–Crippen LogP) is 4.47. The lowest BCUT2D eigenvalue weighted by Gasteiger charge is -2.43. The Morgan fingerprint density at radius 1 is 1.29 bits per heavy atom. The first kappa shape index (κ1) is 17.5. The van der Waals surface area contributed by atoms with Crippen molar-refractivity contribution >= 4 is 5.78 Å². The molecule has 0 aromatic heterocycles. The summed E-state index contributed by atoms with van der Waals surface area (Å²) < 4.78 is 6.35. The summed E-state index contributed by atoms with van der Waals surface area (Å²) in [5.41, 5.74) is 3.36. The fourth-order valence-corrected chi connectivity index (χ4v) is 4.63. The molecular weight excluding hydrogens is 300 g/mol. The zero-order valence-corrected chi connectivity index (χ0v) is 15.4. The molecule has 1 N–H and O–H groups in total. The number of hydrogen-bond acceptors (Lipinski definition) is 3. The minimum atomic E-state index is -0.828. The van der Waals surface area contributed by atoms with E-state index in [1.807, 2.05) is 0 Å². The van der Waals surface area contributed by atoms with Crippen molar-refractivity contribution in [1.82, 2.24) is 0 Å². The van der Waals surface area contributed by atoms with Gasteiger partial charge in [-0.1, -0.05) is 23.3 Å². The van der Waals surface area contributed by atoms with Crippen LogP contribution in [0.4, 0.5) is 0 Å². The van der Waals surface area contributed by atoms with Gasteiger partial charge < -0.3 is 9.84 Å². The molecule has 24 heavy (non-hydrogen) atoms. The summed E-state index contributed by atoms with van der Waals surface area (Å²) >= 11 is 0. The van der Waals surface area contributed by atoms with E-state index >= 15 is 0 Å². The Kier molecular flexibility index (Phi) is 4.74. The quantitative estimate of drug-likeness (QED) is 0.777. The van der Waals surface area contributed by atoms with Crippen molar-refractivity contribution in [3.63, 3.8) is 0 Å². The van der Waals surface area contributed by atoms with Gasteiger partial charge in [0.25, 0.3) is 0 Å². The minimum Gasteiger partial charge on any atom is -0.491 e. The van der Waals surface area contributed by atoms with Gasteiger partial charge in [-0.25, -0.2) is 0 Å². The normalized spacial score (nSPS) is 36.1. The molecule has 1 aliphatic heterocycles. The summed E-state index contributed by atoms with van der Waals surface area (Å²) in [5, 5.41) is 9.91. The minimum absolute atomic E-state index is 0.102. The molecule has 0 aromatic carbocycles. The number of aliphatic hydroxyl groups excluding tert-OH is 1. The van der Waals surface area contributed by atoms with Crippen LogP contribution in [0, 0.1) is 11.8 Å². The van der Waals surface area contributed by atoms with E-state index in [-0.39, 0.29) is 11.4 Å². The van der Waals surface area contributed by atoms with Gasteiger partial charge in [-0.05, 0) is 65.7 Å². The third kappa shape index (κ3) is 3.11. The van der Waals surface area contributed by atoms with Crippen LogP contribution in [0.25, 0.3) is 0 Å². The van der Waals surface area contributed by atoms with Crippen molar-refractivity contribution < 1.29 is 14.6 Å². The van der Waals surface area contributed by atoms with Crippen LogP contribution < -0.4 is 0 Å². The first-order valence-electron chi connectivity index (χ1n) is 9.25. The number of fused-ring (bicyclic) bond motifs is 1. The molecule has 3 heteroatoms. The van der Waals surface area contributed by atoms with Crippen LogP contribution in [-0.4, -0.2) is 22.6 Å². The number of Topliss-reactive ketones (excluding diaryl/α,β-unsaturated/α-hetero) is 1. The van der Waals surface area contributed by atoms with Gasteiger partial charge in [0.05, 0.1) is 0 Å². The largest absolute Gasteiger partial charge is 0.491 e. The molecule has 4 atom stereocenters. The van der Waals surface area contributed by atoms with Gasteiger partial charge in [0, 0.05) is 17.9 Å². The van der Waals surface area contributed by atoms with Crippen LogP contribution in [-0.2, 0) is 9.53 Å². The fraction of sp³-hybridized carbons (Fsp3) is 0.667. The van der Waals surface area contributed by atoms with Crippen molar-refractivity contribution in [3.05, 3.63) is 34.6 Å². The molecule has 1 fully saturated rings. The first-order chi connectivity index (χ1) is 11.3. The maximum Gasteiger partial charge on any atom is 0.190 e. The Morgan fingerprint density at radius 2 is 2.04 bits per heavy atom. The zero-order chi connectivity index (χ0) is 17.5. The average Bonchev–Trinajstić information content (AvgIpc) is 2.85. The average molecular weight is 330 g/mol. The second kappa shape index (κ2) is 6.51. The topological polar surface area (TPSA) is 46.5 Å². The van der Waals surface area contributed by atoms with Crippen molar-refractivity contribution in [2.45, 2.75) is 77.9 Å². The lowest BCUT2D eigenvalue weighted by atomic mass is 9.74. The van der Waals surface area contributed by atoms with Gasteiger partial charge in [-0.15, -0.1) is 0 Å². The molecule has 1 heterocycles. The van der Waals surface area contributed by atoms with Gasteiger partial charge in [-0.2, -0.15) is 0 Å². The molecule has 132 valence electrons. The van der Waals surface area contributed by atoms with E-state index in [0.717, 1.165) is 37.0 Å². The molecule has 3 nitrogen and oxygen atoms in total. The molecule has 3 rings (SSSR count). The van der Waals surface area contributed by atoms with E-state index in [0.29, 0.717) is 24.7 Å². The van der Waals surface area contributed by atoms with Gasteiger partial charge in [0.1, 0.15) is 17.5 Å². The highest BCUT2D eigenvalue weighted by molar-refractivity contribution is 6.00. The van der Waals surface area contributed by atoms with Crippen LogP contribution in [0.2, 0.25) is 0 Å². The highest BCUT2D eigenvalue weighted by atomic mass is 16.5. The number of aliphatic hydroxyl groups is 1. The van der Waals surface area contributed by atoms with Crippen molar-refractivity contribution in [3.8, 4) is 0 Å². The zero-order valence-electron chi connectivity index (χ0n) is 15.4. The maximum absolute atomic E-state index is 12.4. The molecule has 1 saturated carbocycles. The number of rotatable bonds is 3. The predicted molar refractivity (Wildman–Crippen MR) is 95.4 cm³/mol. The van der Waals surface area contributed by atoms with Crippen LogP contribution in [0.3, 0.4) is 0 Å². The van der Waals surface area contributed by atoms with Crippen LogP contribution >= 0.6 is 0 Å². The summed E-state index contributed by atoms with van der Waals surface area (Å²) in [7, 11) is 0. The molecule has 0 aromatic rings. The molecule has 0 bridgehead atoms. The van der Waals surface area contributed by atoms with Gasteiger partial charge in [0.2, 0.25) is 0 Å². The summed E-state index contributed by atoms with van der Waals surface area (Å²) in [6, 6.07) is 0. The van der Waals surface area contributed by atoms with E-state index in [4.69, 9.17) is 4.74 Å². The standard InChI is InChI=1S/C21H30O3/c1-13(2)6-5-7-14(3)15-10-11-21(4)17(15)12-16-19(24-21)9-8-18(22)20(16)23/h6-7,15,17-18,22H,5,8-12H2,1-4H3/b14-7-. The van der Waals surface area contributed by atoms with Crippen molar-refractivity contribution in [2.75, 3.05) is 0 Å². The summed E-state index contributed by atoms with van der Waals surface area (Å²) in [5.74, 6) is 1.57. The molecule has 0 spiro atoms. The Bertz CT molecular complexity index is 621. The Morgan fingerprint density at radius 3 is 2.75 bits per heavy atom. The second-order valence-corrected chi connectivity index (χ2v) is 8.16. The van der Waals surface area contributed by atoms with Crippen molar-refractivity contribution in [2.24, 2.45) is 11.8 Å². The molecule has 4 unspecified atom stereocenters.